The van der Waals surface area contributed by atoms with Crippen LogP contribution in [0.1, 0.15) is 17.0 Å². The number of nitriles is 1. The van der Waals surface area contributed by atoms with E-state index in [1.165, 1.54) is 0 Å². The van der Waals surface area contributed by atoms with Crippen LogP contribution < -0.4 is 19.9 Å². The molecule has 1 atom stereocenters. The minimum atomic E-state index is -0.474. The molecule has 0 aliphatic carbocycles. The number of fused-ring (bicyclic) bond motifs is 2. The van der Waals surface area contributed by atoms with Crippen LogP contribution >= 0.6 is 23.2 Å². The molecule has 2 N–H and O–H groups in total. The monoisotopic (exact) mass is 360 g/mol. The summed E-state index contributed by atoms with van der Waals surface area (Å²) >= 11 is 12.3. The number of rotatable bonds is 1. The van der Waals surface area contributed by atoms with Gasteiger partial charge < -0.3 is 19.9 Å². The van der Waals surface area contributed by atoms with Gasteiger partial charge in [-0.15, -0.1) is 0 Å². The van der Waals surface area contributed by atoms with E-state index >= 15 is 0 Å². The van der Waals surface area contributed by atoms with E-state index in [1.54, 1.807) is 30.3 Å². The molecule has 4 rings (SSSR count). The average molecular weight is 361 g/mol. The van der Waals surface area contributed by atoms with Crippen LogP contribution in [0.5, 0.6) is 17.2 Å². The Labute approximate surface area is 147 Å². The third kappa shape index (κ3) is 2.23. The van der Waals surface area contributed by atoms with E-state index in [9.17, 15) is 5.26 Å². The molecule has 1 unspecified atom stereocenters. The molecule has 2 aromatic carbocycles. The molecule has 2 aliphatic heterocycles. The van der Waals surface area contributed by atoms with Gasteiger partial charge >= 0.3 is 0 Å². The van der Waals surface area contributed by atoms with Gasteiger partial charge in [0.25, 0.3) is 0 Å². The van der Waals surface area contributed by atoms with Crippen LogP contribution in [0.15, 0.2) is 41.8 Å². The van der Waals surface area contributed by atoms with Gasteiger partial charge in [0, 0.05) is 21.7 Å². The number of ether oxygens (including phenoxy) is 3. The molecule has 0 saturated heterocycles. The maximum atomic E-state index is 9.56. The maximum absolute atomic E-state index is 9.56. The third-order valence-corrected chi connectivity index (χ3v) is 4.55. The largest absolute Gasteiger partial charge is 0.454 e. The van der Waals surface area contributed by atoms with Crippen LogP contribution in [0, 0.1) is 11.3 Å². The van der Waals surface area contributed by atoms with Crippen LogP contribution in [0.3, 0.4) is 0 Å². The van der Waals surface area contributed by atoms with Gasteiger partial charge in [0.2, 0.25) is 12.7 Å². The van der Waals surface area contributed by atoms with Crippen LogP contribution in [-0.4, -0.2) is 6.79 Å². The fraction of sp³-hybridized carbons (Fsp3) is 0.118. The van der Waals surface area contributed by atoms with Crippen LogP contribution in [0.25, 0.3) is 0 Å². The van der Waals surface area contributed by atoms with Gasteiger partial charge in [-0.05, 0) is 23.8 Å². The molecule has 0 saturated carbocycles. The Balaban J connectivity index is 1.96. The van der Waals surface area contributed by atoms with E-state index in [2.05, 4.69) is 6.07 Å². The second-order valence-corrected chi connectivity index (χ2v) is 6.18. The van der Waals surface area contributed by atoms with E-state index in [-0.39, 0.29) is 18.2 Å². The van der Waals surface area contributed by atoms with Crippen molar-refractivity contribution in [2.75, 3.05) is 6.79 Å². The third-order valence-electron chi connectivity index (χ3n) is 3.98. The first-order valence-corrected chi connectivity index (χ1v) is 7.80. The molecule has 7 heteroatoms. The van der Waals surface area contributed by atoms with Crippen molar-refractivity contribution in [3.63, 3.8) is 0 Å². The number of halogens is 2. The summed E-state index contributed by atoms with van der Waals surface area (Å²) in [5.74, 6) is 1.23. The molecule has 5 nitrogen and oxygen atoms in total. The topological polar surface area (TPSA) is 77.5 Å². The second kappa shape index (κ2) is 5.52. The standard InChI is InChI=1S/C17H10Cl2N2O3/c18-8-1-2-9(12(19)3-8)16-10-4-14-15(23-7-22-14)5-13(10)24-17(21)11(16)6-20/h1-5,16H,7,21H2. The van der Waals surface area contributed by atoms with E-state index in [1.807, 2.05) is 0 Å². The van der Waals surface area contributed by atoms with Crippen molar-refractivity contribution in [2.45, 2.75) is 5.92 Å². The summed E-state index contributed by atoms with van der Waals surface area (Å²) in [5.41, 5.74) is 7.68. The fourth-order valence-corrected chi connectivity index (χ4v) is 3.42. The molecule has 0 fully saturated rings. The van der Waals surface area contributed by atoms with Crippen molar-refractivity contribution >= 4 is 23.2 Å². The molecule has 2 aromatic rings. The predicted octanol–water partition coefficient (Wildman–Crippen LogP) is 3.94. The predicted molar refractivity (Wildman–Crippen MR) is 88.3 cm³/mol. The fourth-order valence-electron chi connectivity index (χ4n) is 2.90. The first-order chi connectivity index (χ1) is 11.6. The SMILES string of the molecule is N#CC1=C(N)Oc2cc3c(cc2C1c1ccc(Cl)cc1Cl)OCO3. The molecule has 2 heterocycles. The Morgan fingerprint density at radius 3 is 2.50 bits per heavy atom. The Morgan fingerprint density at radius 2 is 1.79 bits per heavy atom. The van der Waals surface area contributed by atoms with Crippen LogP contribution in [0.2, 0.25) is 10.0 Å². The second-order valence-electron chi connectivity index (χ2n) is 5.33. The molecule has 0 bridgehead atoms. The summed E-state index contributed by atoms with van der Waals surface area (Å²) in [6.45, 7) is 0.138. The number of benzene rings is 2. The summed E-state index contributed by atoms with van der Waals surface area (Å²) in [5, 5.41) is 10.5. The van der Waals surface area contributed by atoms with Crippen molar-refractivity contribution in [1.82, 2.24) is 0 Å². The van der Waals surface area contributed by atoms with Gasteiger partial charge in [-0.3, -0.25) is 0 Å². The van der Waals surface area contributed by atoms with Crippen molar-refractivity contribution in [3.8, 4) is 23.3 Å². The van der Waals surface area contributed by atoms with Crippen molar-refractivity contribution in [1.29, 1.82) is 5.26 Å². The lowest BCUT2D eigenvalue weighted by Crippen LogP contribution is -2.21. The molecule has 0 amide bonds. The van der Waals surface area contributed by atoms with Crippen LogP contribution in [-0.2, 0) is 0 Å². The highest BCUT2D eigenvalue weighted by atomic mass is 35.5. The Bertz CT molecular complexity index is 934. The van der Waals surface area contributed by atoms with Gasteiger partial charge in [0.05, 0.1) is 5.92 Å². The lowest BCUT2D eigenvalue weighted by atomic mass is 9.83. The highest BCUT2D eigenvalue weighted by Crippen LogP contribution is 2.49. The minimum Gasteiger partial charge on any atom is -0.454 e. The van der Waals surface area contributed by atoms with Gasteiger partial charge in [-0.1, -0.05) is 29.3 Å². The zero-order chi connectivity index (χ0) is 16.8. The Hall–Kier alpha value is -2.55. The Kier molecular flexibility index (Phi) is 3.45. The lowest BCUT2D eigenvalue weighted by molar-refractivity contribution is 0.174. The molecular formula is C17H10Cl2N2O3. The molecule has 0 radical (unpaired) electrons. The number of hydrogen-bond donors (Lipinski definition) is 1. The first-order valence-electron chi connectivity index (χ1n) is 7.04. The summed E-state index contributed by atoms with van der Waals surface area (Å²) in [6.07, 6.45) is 0. The summed E-state index contributed by atoms with van der Waals surface area (Å²) in [6, 6.07) is 10.7. The number of nitrogens with two attached hydrogens (primary N) is 1. The average Bonchev–Trinajstić information content (AvgIpc) is 2.99. The summed E-state index contributed by atoms with van der Waals surface area (Å²) < 4.78 is 16.4. The molecule has 24 heavy (non-hydrogen) atoms. The molecule has 0 spiro atoms. The zero-order valence-electron chi connectivity index (χ0n) is 12.2. The van der Waals surface area contributed by atoms with E-state index < -0.39 is 5.92 Å². The van der Waals surface area contributed by atoms with Gasteiger partial charge in [-0.25, -0.2) is 0 Å². The maximum Gasteiger partial charge on any atom is 0.231 e. The lowest BCUT2D eigenvalue weighted by Gasteiger charge is -2.27. The summed E-state index contributed by atoms with van der Waals surface area (Å²) in [4.78, 5) is 0. The van der Waals surface area contributed by atoms with E-state index in [0.29, 0.717) is 32.9 Å². The van der Waals surface area contributed by atoms with Gasteiger partial charge in [0.1, 0.15) is 17.4 Å². The van der Waals surface area contributed by atoms with E-state index in [4.69, 9.17) is 43.1 Å². The van der Waals surface area contributed by atoms with Crippen molar-refractivity contribution in [3.05, 3.63) is 63.0 Å². The number of hydrogen-bond acceptors (Lipinski definition) is 5. The zero-order valence-corrected chi connectivity index (χ0v) is 13.7. The quantitative estimate of drug-likeness (QED) is 0.833. The highest BCUT2D eigenvalue weighted by molar-refractivity contribution is 6.35. The van der Waals surface area contributed by atoms with Gasteiger partial charge in [0.15, 0.2) is 11.5 Å². The van der Waals surface area contributed by atoms with Crippen LogP contribution in [0.4, 0.5) is 0 Å². The van der Waals surface area contributed by atoms with E-state index in [0.717, 1.165) is 5.56 Å². The summed E-state index contributed by atoms with van der Waals surface area (Å²) in [7, 11) is 0. The number of nitrogens with zero attached hydrogens (tertiary/aromatic N) is 1. The van der Waals surface area contributed by atoms with Gasteiger partial charge in [-0.2, -0.15) is 5.26 Å². The number of allylic oxidation sites excluding steroid dienone is 1. The van der Waals surface area contributed by atoms with Crippen molar-refractivity contribution < 1.29 is 14.2 Å². The molecule has 0 aromatic heterocycles. The first kappa shape index (κ1) is 15.0. The highest BCUT2D eigenvalue weighted by Gasteiger charge is 2.34. The molecular weight excluding hydrogens is 351 g/mol. The smallest absolute Gasteiger partial charge is 0.231 e. The molecule has 2 aliphatic rings. The normalized spacial score (nSPS) is 18.0. The molecule has 120 valence electrons. The van der Waals surface area contributed by atoms with Crippen molar-refractivity contribution in [2.24, 2.45) is 5.73 Å². The Morgan fingerprint density at radius 1 is 1.04 bits per heavy atom. The minimum absolute atomic E-state index is 0.0416.